The molecule has 0 unspecified atom stereocenters. The van der Waals surface area contributed by atoms with Gasteiger partial charge in [-0.05, 0) is 19.3 Å². The maximum Gasteiger partial charge on any atom is 0.0446 e. The van der Waals surface area contributed by atoms with Crippen LogP contribution in [0.2, 0.25) is 0 Å². The SMILES string of the molecule is CCCCCC(Cl)(CCCCC)CCCCC. The van der Waals surface area contributed by atoms with Gasteiger partial charge in [-0.2, -0.15) is 0 Å². The summed E-state index contributed by atoms with van der Waals surface area (Å²) in [5.74, 6) is 0. The van der Waals surface area contributed by atoms with Crippen LogP contribution in [-0.4, -0.2) is 4.87 Å². The molecule has 0 amide bonds. The Bertz CT molecular complexity index is 127. The monoisotopic (exact) mass is 260 g/mol. The van der Waals surface area contributed by atoms with Crippen LogP contribution in [0.1, 0.15) is 97.8 Å². The van der Waals surface area contributed by atoms with Crippen LogP contribution in [-0.2, 0) is 0 Å². The van der Waals surface area contributed by atoms with Gasteiger partial charge in [0.05, 0.1) is 0 Å². The van der Waals surface area contributed by atoms with Gasteiger partial charge < -0.3 is 0 Å². The van der Waals surface area contributed by atoms with Crippen LogP contribution >= 0.6 is 11.6 Å². The fourth-order valence-corrected chi connectivity index (χ4v) is 2.85. The van der Waals surface area contributed by atoms with Gasteiger partial charge in [0.15, 0.2) is 0 Å². The molecular formula is C16H33Cl. The van der Waals surface area contributed by atoms with E-state index >= 15 is 0 Å². The Morgan fingerprint density at radius 1 is 0.588 bits per heavy atom. The fourth-order valence-electron chi connectivity index (χ4n) is 2.45. The molecule has 0 fully saturated rings. The first-order valence-corrected chi connectivity index (χ1v) is 8.25. The third kappa shape index (κ3) is 9.94. The van der Waals surface area contributed by atoms with Crippen molar-refractivity contribution in [3.05, 3.63) is 0 Å². The molecule has 17 heavy (non-hydrogen) atoms. The van der Waals surface area contributed by atoms with Crippen LogP contribution in [0.25, 0.3) is 0 Å². The molecule has 0 saturated carbocycles. The number of alkyl halides is 1. The zero-order valence-corrected chi connectivity index (χ0v) is 13.1. The number of hydrogen-bond acceptors (Lipinski definition) is 0. The first-order chi connectivity index (χ1) is 8.18. The molecule has 0 aromatic heterocycles. The van der Waals surface area contributed by atoms with Crippen LogP contribution in [0.4, 0.5) is 0 Å². The summed E-state index contributed by atoms with van der Waals surface area (Å²) in [5.41, 5.74) is 0. The Morgan fingerprint density at radius 3 is 1.12 bits per heavy atom. The highest BCUT2D eigenvalue weighted by Gasteiger charge is 2.25. The minimum Gasteiger partial charge on any atom is -0.119 e. The predicted octanol–water partition coefficient (Wildman–Crippen LogP) is 6.70. The summed E-state index contributed by atoms with van der Waals surface area (Å²) in [5, 5.41) is 0. The molecule has 0 rings (SSSR count). The van der Waals surface area contributed by atoms with E-state index in [4.69, 9.17) is 11.6 Å². The summed E-state index contributed by atoms with van der Waals surface area (Å²) < 4.78 is 0. The van der Waals surface area contributed by atoms with Crippen LogP contribution < -0.4 is 0 Å². The van der Waals surface area contributed by atoms with Crippen molar-refractivity contribution in [2.24, 2.45) is 0 Å². The van der Waals surface area contributed by atoms with Crippen molar-refractivity contribution in [1.82, 2.24) is 0 Å². The van der Waals surface area contributed by atoms with Gasteiger partial charge in [-0.1, -0.05) is 78.6 Å². The van der Waals surface area contributed by atoms with Crippen molar-refractivity contribution in [2.75, 3.05) is 0 Å². The standard InChI is InChI=1S/C16H33Cl/c1-4-7-10-13-16(17,14-11-8-5-2)15-12-9-6-3/h4-15H2,1-3H3. The Labute approximate surface area is 115 Å². The minimum atomic E-state index is 0.125. The van der Waals surface area contributed by atoms with E-state index in [1.54, 1.807) is 0 Å². The Kier molecular flexibility index (Phi) is 11.6. The molecule has 0 aromatic carbocycles. The van der Waals surface area contributed by atoms with Crippen molar-refractivity contribution in [3.63, 3.8) is 0 Å². The maximum absolute atomic E-state index is 6.85. The summed E-state index contributed by atoms with van der Waals surface area (Å²) in [7, 11) is 0. The van der Waals surface area contributed by atoms with E-state index in [-0.39, 0.29) is 4.87 Å². The molecule has 0 nitrogen and oxygen atoms in total. The summed E-state index contributed by atoms with van der Waals surface area (Å²) in [6, 6.07) is 0. The zero-order valence-electron chi connectivity index (χ0n) is 12.4. The largest absolute Gasteiger partial charge is 0.119 e. The van der Waals surface area contributed by atoms with Crippen molar-refractivity contribution >= 4 is 11.6 Å². The van der Waals surface area contributed by atoms with E-state index in [0.717, 1.165) is 0 Å². The Balaban J connectivity index is 3.95. The molecule has 0 radical (unpaired) electrons. The molecule has 0 aliphatic rings. The molecule has 0 atom stereocenters. The van der Waals surface area contributed by atoms with Crippen molar-refractivity contribution in [1.29, 1.82) is 0 Å². The second-order valence-corrected chi connectivity index (χ2v) is 6.32. The molecule has 0 saturated heterocycles. The normalized spacial score (nSPS) is 12.0. The number of rotatable bonds is 12. The lowest BCUT2D eigenvalue weighted by Gasteiger charge is -2.27. The van der Waals surface area contributed by atoms with Crippen LogP contribution in [0.3, 0.4) is 0 Å². The lowest BCUT2D eigenvalue weighted by atomic mass is 9.89. The van der Waals surface area contributed by atoms with E-state index in [2.05, 4.69) is 20.8 Å². The molecule has 0 bridgehead atoms. The highest BCUT2D eigenvalue weighted by molar-refractivity contribution is 6.23. The molecule has 0 aliphatic heterocycles. The van der Waals surface area contributed by atoms with E-state index in [0.29, 0.717) is 0 Å². The maximum atomic E-state index is 6.85. The van der Waals surface area contributed by atoms with Crippen molar-refractivity contribution < 1.29 is 0 Å². The summed E-state index contributed by atoms with van der Waals surface area (Å²) in [6.07, 6.45) is 15.6. The van der Waals surface area contributed by atoms with E-state index in [9.17, 15) is 0 Å². The third-order valence-corrected chi connectivity index (χ3v) is 4.25. The smallest absolute Gasteiger partial charge is 0.0446 e. The first kappa shape index (κ1) is 17.3. The first-order valence-electron chi connectivity index (χ1n) is 7.87. The van der Waals surface area contributed by atoms with E-state index < -0.39 is 0 Å². The molecular weight excluding hydrogens is 228 g/mol. The minimum absolute atomic E-state index is 0.125. The van der Waals surface area contributed by atoms with Crippen molar-refractivity contribution in [3.8, 4) is 0 Å². The van der Waals surface area contributed by atoms with E-state index in [1.807, 2.05) is 0 Å². The Hall–Kier alpha value is 0.290. The lowest BCUT2D eigenvalue weighted by molar-refractivity contribution is 0.404. The predicted molar refractivity (Wildman–Crippen MR) is 81.0 cm³/mol. The Morgan fingerprint density at radius 2 is 0.882 bits per heavy atom. The second kappa shape index (κ2) is 11.4. The molecule has 0 aliphatic carbocycles. The quantitative estimate of drug-likeness (QED) is 0.270. The summed E-state index contributed by atoms with van der Waals surface area (Å²) in [6.45, 7) is 6.80. The molecule has 1 heteroatoms. The number of unbranched alkanes of at least 4 members (excludes halogenated alkanes) is 6. The second-order valence-electron chi connectivity index (χ2n) is 5.52. The van der Waals surface area contributed by atoms with Gasteiger partial charge in [-0.3, -0.25) is 0 Å². The molecule has 0 N–H and O–H groups in total. The topological polar surface area (TPSA) is 0 Å². The van der Waals surface area contributed by atoms with Crippen LogP contribution in [0.5, 0.6) is 0 Å². The zero-order chi connectivity index (χ0) is 13.0. The van der Waals surface area contributed by atoms with Crippen LogP contribution in [0.15, 0.2) is 0 Å². The fraction of sp³-hybridized carbons (Fsp3) is 1.00. The lowest BCUT2D eigenvalue weighted by Crippen LogP contribution is -2.21. The summed E-state index contributed by atoms with van der Waals surface area (Å²) >= 11 is 6.85. The van der Waals surface area contributed by atoms with Gasteiger partial charge in [0.1, 0.15) is 0 Å². The number of hydrogen-bond donors (Lipinski definition) is 0. The van der Waals surface area contributed by atoms with Gasteiger partial charge in [-0.15, -0.1) is 11.6 Å². The highest BCUT2D eigenvalue weighted by atomic mass is 35.5. The molecule has 0 aromatic rings. The van der Waals surface area contributed by atoms with Crippen LogP contribution in [0, 0.1) is 0 Å². The van der Waals surface area contributed by atoms with Gasteiger partial charge in [-0.25, -0.2) is 0 Å². The molecule has 0 spiro atoms. The third-order valence-electron chi connectivity index (χ3n) is 3.69. The van der Waals surface area contributed by atoms with Gasteiger partial charge in [0.2, 0.25) is 0 Å². The number of halogens is 1. The van der Waals surface area contributed by atoms with E-state index in [1.165, 1.54) is 77.0 Å². The molecule has 0 heterocycles. The highest BCUT2D eigenvalue weighted by Crippen LogP contribution is 2.34. The van der Waals surface area contributed by atoms with Gasteiger partial charge in [0.25, 0.3) is 0 Å². The van der Waals surface area contributed by atoms with Gasteiger partial charge in [0, 0.05) is 4.87 Å². The van der Waals surface area contributed by atoms with Gasteiger partial charge >= 0.3 is 0 Å². The average molecular weight is 261 g/mol. The molecule has 104 valence electrons. The average Bonchev–Trinajstić information content (AvgIpc) is 2.30. The summed E-state index contributed by atoms with van der Waals surface area (Å²) in [4.78, 5) is 0.125. The van der Waals surface area contributed by atoms with Crippen molar-refractivity contribution in [2.45, 2.75) is 103 Å².